The minimum Gasteiger partial charge on any atom is -0.395 e. The molecule has 0 atom stereocenters. The summed E-state index contributed by atoms with van der Waals surface area (Å²) < 4.78 is 1.09. The van der Waals surface area contributed by atoms with E-state index in [0.29, 0.717) is 12.1 Å². The van der Waals surface area contributed by atoms with Crippen molar-refractivity contribution in [2.24, 2.45) is 5.73 Å². The first kappa shape index (κ1) is 12.6. The number of anilines is 2. The third kappa shape index (κ3) is 2.89. The number of fused-ring (bicyclic) bond motifs is 1. The van der Waals surface area contributed by atoms with E-state index < -0.39 is 0 Å². The quantitative estimate of drug-likeness (QED) is 0.549. The van der Waals surface area contributed by atoms with Gasteiger partial charge in [0, 0.05) is 13.0 Å². The Balaban J connectivity index is 1.91. The van der Waals surface area contributed by atoms with E-state index in [9.17, 15) is 4.79 Å². The summed E-state index contributed by atoms with van der Waals surface area (Å²) in [5.74, 6) is -0.251. The Morgan fingerprint density at radius 2 is 2.22 bits per heavy atom. The van der Waals surface area contributed by atoms with Crippen molar-refractivity contribution in [2.45, 2.75) is 19.3 Å². The summed E-state index contributed by atoms with van der Waals surface area (Å²) in [6.45, 7) is 0.771. The topological polar surface area (TPSA) is 94.0 Å². The van der Waals surface area contributed by atoms with Crippen molar-refractivity contribution in [1.82, 2.24) is 4.98 Å². The van der Waals surface area contributed by atoms with Gasteiger partial charge < -0.3 is 16.8 Å². The van der Waals surface area contributed by atoms with Crippen molar-refractivity contribution in [3.63, 3.8) is 0 Å². The molecule has 1 heterocycles. The molecule has 1 amide bonds. The maximum atomic E-state index is 10.6. The second kappa shape index (κ2) is 5.68. The molecule has 0 unspecified atom stereocenters. The lowest BCUT2D eigenvalue weighted by Gasteiger charge is -2.09. The van der Waals surface area contributed by atoms with Crippen LogP contribution in [0.15, 0.2) is 17.6 Å². The number of hydrogen-bond acceptors (Lipinski definition) is 5. The number of amides is 1. The van der Waals surface area contributed by atoms with Gasteiger partial charge in [-0.1, -0.05) is 0 Å². The van der Waals surface area contributed by atoms with Crippen molar-refractivity contribution in [2.75, 3.05) is 17.6 Å². The summed E-state index contributed by atoms with van der Waals surface area (Å²) in [6, 6.07) is 3.97. The largest absolute Gasteiger partial charge is 0.395 e. The molecule has 0 aliphatic heterocycles. The lowest BCUT2D eigenvalue weighted by atomic mass is 10.2. The van der Waals surface area contributed by atoms with Crippen LogP contribution in [-0.4, -0.2) is 17.4 Å². The Morgan fingerprint density at radius 3 is 3.00 bits per heavy atom. The number of hydrogen-bond donors (Lipinski definition) is 3. The van der Waals surface area contributed by atoms with E-state index in [2.05, 4.69) is 10.3 Å². The molecule has 6 heteroatoms. The Bertz CT molecular complexity index is 552. The van der Waals surface area contributed by atoms with Crippen molar-refractivity contribution in [3.8, 4) is 0 Å². The van der Waals surface area contributed by atoms with Gasteiger partial charge in [-0.2, -0.15) is 0 Å². The molecule has 0 saturated heterocycles. The van der Waals surface area contributed by atoms with Crippen LogP contribution in [0.1, 0.15) is 19.3 Å². The first-order chi connectivity index (χ1) is 8.68. The van der Waals surface area contributed by atoms with Gasteiger partial charge in [0.05, 0.1) is 21.6 Å². The normalized spacial score (nSPS) is 10.7. The van der Waals surface area contributed by atoms with Gasteiger partial charge in [0.25, 0.3) is 0 Å². The molecule has 0 bridgehead atoms. The number of benzene rings is 1. The molecule has 0 aliphatic carbocycles. The fourth-order valence-corrected chi connectivity index (χ4v) is 2.45. The number of nitrogens with zero attached hydrogens (tertiary/aromatic N) is 1. The van der Waals surface area contributed by atoms with E-state index in [-0.39, 0.29) is 5.91 Å². The predicted octanol–water partition coefficient (Wildman–Crippen LogP) is 1.95. The van der Waals surface area contributed by atoms with Crippen LogP contribution in [0.4, 0.5) is 11.4 Å². The lowest BCUT2D eigenvalue weighted by molar-refractivity contribution is -0.118. The van der Waals surface area contributed by atoms with Crippen LogP contribution < -0.4 is 16.8 Å². The Hall–Kier alpha value is -1.82. The third-order valence-electron chi connectivity index (χ3n) is 2.71. The number of nitrogens with one attached hydrogen (secondary N) is 1. The highest BCUT2D eigenvalue weighted by Crippen LogP contribution is 2.29. The van der Waals surface area contributed by atoms with E-state index in [0.717, 1.165) is 35.3 Å². The number of nitrogens with two attached hydrogens (primary N) is 2. The van der Waals surface area contributed by atoms with Crippen molar-refractivity contribution < 1.29 is 4.79 Å². The van der Waals surface area contributed by atoms with Crippen LogP contribution in [0.5, 0.6) is 0 Å². The van der Waals surface area contributed by atoms with Gasteiger partial charge in [-0.05, 0) is 25.0 Å². The zero-order valence-electron chi connectivity index (χ0n) is 9.98. The molecule has 5 N–H and O–H groups in total. The maximum Gasteiger partial charge on any atom is 0.217 e. The Morgan fingerprint density at radius 1 is 1.39 bits per heavy atom. The van der Waals surface area contributed by atoms with E-state index in [1.807, 2.05) is 12.1 Å². The standard InChI is InChI=1S/C12H16N4OS/c13-10(17)3-1-2-6-15-8-4-5-9-12(11(8)14)16-7-18-9/h4-5,7,15H,1-3,6,14H2,(H2,13,17). The van der Waals surface area contributed by atoms with Crippen LogP contribution >= 0.6 is 11.3 Å². The van der Waals surface area contributed by atoms with Crippen molar-refractivity contribution >= 4 is 38.8 Å². The van der Waals surface area contributed by atoms with Crippen molar-refractivity contribution in [3.05, 3.63) is 17.6 Å². The molecule has 1 aromatic carbocycles. The molecule has 0 saturated carbocycles. The number of carbonyl (C=O) groups excluding carboxylic acids is 1. The number of aromatic nitrogens is 1. The van der Waals surface area contributed by atoms with Crippen LogP contribution in [0, 0.1) is 0 Å². The zero-order valence-corrected chi connectivity index (χ0v) is 10.8. The fourth-order valence-electron chi connectivity index (χ4n) is 1.75. The van der Waals surface area contributed by atoms with Gasteiger partial charge in [-0.3, -0.25) is 4.79 Å². The van der Waals surface area contributed by atoms with Crippen LogP contribution in [0.2, 0.25) is 0 Å². The van der Waals surface area contributed by atoms with Gasteiger partial charge in [-0.15, -0.1) is 11.3 Å². The van der Waals surface area contributed by atoms with Crippen molar-refractivity contribution in [1.29, 1.82) is 0 Å². The van der Waals surface area contributed by atoms with E-state index in [1.165, 1.54) is 0 Å². The zero-order chi connectivity index (χ0) is 13.0. The molecule has 0 radical (unpaired) electrons. The van der Waals surface area contributed by atoms with Gasteiger partial charge in [-0.25, -0.2) is 4.98 Å². The predicted molar refractivity (Wildman–Crippen MR) is 75.6 cm³/mol. The van der Waals surface area contributed by atoms with E-state index in [1.54, 1.807) is 16.8 Å². The highest BCUT2D eigenvalue weighted by atomic mass is 32.1. The molecule has 5 nitrogen and oxygen atoms in total. The highest BCUT2D eigenvalue weighted by Gasteiger charge is 2.06. The van der Waals surface area contributed by atoms with Crippen LogP contribution in [0.3, 0.4) is 0 Å². The second-order valence-corrected chi connectivity index (χ2v) is 4.96. The molecule has 2 aromatic rings. The molecular weight excluding hydrogens is 248 g/mol. The number of primary amides is 1. The Labute approximate surface area is 109 Å². The molecular formula is C12H16N4OS. The second-order valence-electron chi connectivity index (χ2n) is 4.08. The number of carbonyl (C=O) groups is 1. The van der Waals surface area contributed by atoms with E-state index in [4.69, 9.17) is 11.5 Å². The number of rotatable bonds is 6. The molecule has 18 heavy (non-hydrogen) atoms. The fraction of sp³-hybridized carbons (Fsp3) is 0.333. The summed E-state index contributed by atoms with van der Waals surface area (Å²) in [6.07, 6.45) is 2.11. The molecule has 0 fully saturated rings. The number of unbranched alkanes of at least 4 members (excludes halogenated alkanes) is 1. The SMILES string of the molecule is NC(=O)CCCCNc1ccc2scnc2c1N. The minimum atomic E-state index is -0.251. The van der Waals surface area contributed by atoms with Gasteiger partial charge in [0.2, 0.25) is 5.91 Å². The maximum absolute atomic E-state index is 10.6. The first-order valence-corrected chi connectivity index (χ1v) is 6.70. The highest BCUT2D eigenvalue weighted by molar-refractivity contribution is 7.16. The van der Waals surface area contributed by atoms with Gasteiger partial charge in [0.15, 0.2) is 0 Å². The molecule has 0 aliphatic rings. The first-order valence-electron chi connectivity index (χ1n) is 5.82. The summed E-state index contributed by atoms with van der Waals surface area (Å²) in [7, 11) is 0. The number of nitrogen functional groups attached to an aromatic ring is 1. The van der Waals surface area contributed by atoms with Crippen LogP contribution in [0.25, 0.3) is 10.2 Å². The van der Waals surface area contributed by atoms with Crippen LogP contribution in [-0.2, 0) is 4.79 Å². The average Bonchev–Trinajstić information content (AvgIpc) is 2.80. The van der Waals surface area contributed by atoms with Gasteiger partial charge in [0.1, 0.15) is 5.52 Å². The summed E-state index contributed by atoms with van der Waals surface area (Å²) >= 11 is 1.58. The minimum absolute atomic E-state index is 0.251. The summed E-state index contributed by atoms with van der Waals surface area (Å²) in [5, 5.41) is 3.26. The Kier molecular flexibility index (Phi) is 3.99. The lowest BCUT2D eigenvalue weighted by Crippen LogP contribution is -2.11. The molecule has 1 aromatic heterocycles. The smallest absolute Gasteiger partial charge is 0.217 e. The number of thiazole rings is 1. The van der Waals surface area contributed by atoms with Gasteiger partial charge >= 0.3 is 0 Å². The summed E-state index contributed by atoms with van der Waals surface area (Å²) in [4.78, 5) is 14.8. The average molecular weight is 264 g/mol. The summed E-state index contributed by atoms with van der Waals surface area (Å²) in [5.41, 5.74) is 15.3. The van der Waals surface area contributed by atoms with E-state index >= 15 is 0 Å². The molecule has 2 rings (SSSR count). The third-order valence-corrected chi connectivity index (χ3v) is 3.50. The molecule has 96 valence electrons. The molecule has 0 spiro atoms. The monoisotopic (exact) mass is 264 g/mol.